The summed E-state index contributed by atoms with van der Waals surface area (Å²) >= 11 is 9.86. The molecule has 5 heteroatoms. The largest absolute Gasteiger partial charge is 0.322 e. The fourth-order valence-electron chi connectivity index (χ4n) is 1.63. The van der Waals surface area contributed by atoms with E-state index in [2.05, 4.69) is 17.9 Å². The molecule has 0 saturated carbocycles. The number of hydrogen-bond acceptors (Lipinski definition) is 2. The second-order valence-corrected chi connectivity index (χ2v) is 5.01. The van der Waals surface area contributed by atoms with E-state index >= 15 is 0 Å². The standard InChI is InChI=1S/C14H11ClFNOS/c1-8-2-4-10(19)7-11(8)14(18)17-9-3-5-13(16)12(15)6-9/h2-7,19H,1H3,(H,17,18). The van der Waals surface area contributed by atoms with Gasteiger partial charge in [0.05, 0.1) is 5.02 Å². The van der Waals surface area contributed by atoms with Crippen LogP contribution in [0.5, 0.6) is 0 Å². The highest BCUT2D eigenvalue weighted by Gasteiger charge is 2.10. The summed E-state index contributed by atoms with van der Waals surface area (Å²) < 4.78 is 13.0. The van der Waals surface area contributed by atoms with Crippen molar-refractivity contribution in [3.05, 3.63) is 58.4 Å². The molecular formula is C14H11ClFNOS. The number of benzene rings is 2. The first-order valence-electron chi connectivity index (χ1n) is 5.53. The van der Waals surface area contributed by atoms with Crippen LogP contribution in [0, 0.1) is 12.7 Å². The van der Waals surface area contributed by atoms with Gasteiger partial charge in [0.1, 0.15) is 5.82 Å². The molecule has 0 aliphatic rings. The first kappa shape index (κ1) is 13.9. The minimum atomic E-state index is -0.520. The van der Waals surface area contributed by atoms with Gasteiger partial charge in [-0.3, -0.25) is 4.79 Å². The Morgan fingerprint density at radius 3 is 2.68 bits per heavy atom. The van der Waals surface area contributed by atoms with Crippen LogP contribution in [0.3, 0.4) is 0 Å². The van der Waals surface area contributed by atoms with Gasteiger partial charge in [0, 0.05) is 16.1 Å². The van der Waals surface area contributed by atoms with Crippen molar-refractivity contribution < 1.29 is 9.18 Å². The molecule has 0 aromatic heterocycles. The fourth-order valence-corrected chi connectivity index (χ4v) is 2.01. The molecule has 0 heterocycles. The zero-order valence-corrected chi connectivity index (χ0v) is 11.7. The van der Waals surface area contributed by atoms with E-state index < -0.39 is 5.82 Å². The molecular weight excluding hydrogens is 285 g/mol. The number of aryl methyl sites for hydroxylation is 1. The van der Waals surface area contributed by atoms with E-state index in [1.807, 2.05) is 19.1 Å². The molecule has 2 nitrogen and oxygen atoms in total. The van der Waals surface area contributed by atoms with Crippen molar-refractivity contribution in [1.29, 1.82) is 0 Å². The number of amides is 1. The lowest BCUT2D eigenvalue weighted by Gasteiger charge is -2.09. The zero-order valence-electron chi connectivity index (χ0n) is 10.1. The summed E-state index contributed by atoms with van der Waals surface area (Å²) in [6, 6.07) is 9.34. The van der Waals surface area contributed by atoms with Crippen LogP contribution in [0.1, 0.15) is 15.9 Å². The normalized spacial score (nSPS) is 10.3. The Morgan fingerprint density at radius 2 is 2.00 bits per heavy atom. The van der Waals surface area contributed by atoms with Gasteiger partial charge in [0.2, 0.25) is 0 Å². The number of rotatable bonds is 2. The molecule has 0 unspecified atom stereocenters. The predicted molar refractivity (Wildman–Crippen MR) is 77.8 cm³/mol. The second-order valence-electron chi connectivity index (χ2n) is 4.08. The number of halogens is 2. The van der Waals surface area contributed by atoms with Crippen molar-refractivity contribution in [2.24, 2.45) is 0 Å². The average molecular weight is 296 g/mol. The van der Waals surface area contributed by atoms with Crippen molar-refractivity contribution in [1.82, 2.24) is 0 Å². The summed E-state index contributed by atoms with van der Waals surface area (Å²) in [5.41, 5.74) is 1.80. The van der Waals surface area contributed by atoms with Crippen LogP contribution < -0.4 is 5.32 Å². The highest BCUT2D eigenvalue weighted by molar-refractivity contribution is 7.80. The summed E-state index contributed by atoms with van der Waals surface area (Å²) in [6.07, 6.45) is 0. The van der Waals surface area contributed by atoms with E-state index in [1.165, 1.54) is 18.2 Å². The molecule has 0 fully saturated rings. The lowest BCUT2D eigenvalue weighted by molar-refractivity contribution is 0.102. The third-order valence-electron chi connectivity index (χ3n) is 2.64. The Morgan fingerprint density at radius 1 is 1.26 bits per heavy atom. The molecule has 0 aliphatic heterocycles. The van der Waals surface area contributed by atoms with Crippen molar-refractivity contribution in [3.63, 3.8) is 0 Å². The summed E-state index contributed by atoms with van der Waals surface area (Å²) in [5, 5.41) is 2.64. The van der Waals surface area contributed by atoms with Gasteiger partial charge in [-0.05, 0) is 42.8 Å². The number of carbonyl (C=O) groups excluding carboxylic acids is 1. The molecule has 0 spiro atoms. The molecule has 2 aromatic rings. The lowest BCUT2D eigenvalue weighted by atomic mass is 10.1. The van der Waals surface area contributed by atoms with Gasteiger partial charge in [0.25, 0.3) is 5.91 Å². The summed E-state index contributed by atoms with van der Waals surface area (Å²) in [4.78, 5) is 12.8. The van der Waals surface area contributed by atoms with E-state index in [9.17, 15) is 9.18 Å². The number of thiol groups is 1. The molecule has 2 rings (SSSR count). The van der Waals surface area contributed by atoms with Gasteiger partial charge in [-0.25, -0.2) is 4.39 Å². The number of anilines is 1. The number of carbonyl (C=O) groups is 1. The van der Waals surface area contributed by atoms with Crippen molar-refractivity contribution in [2.45, 2.75) is 11.8 Å². The molecule has 98 valence electrons. The minimum Gasteiger partial charge on any atom is -0.322 e. The Balaban J connectivity index is 2.25. The van der Waals surface area contributed by atoms with Crippen LogP contribution in [0.4, 0.5) is 10.1 Å². The molecule has 1 amide bonds. The molecule has 0 saturated heterocycles. The van der Waals surface area contributed by atoms with Crippen LogP contribution in [0.2, 0.25) is 5.02 Å². The summed E-state index contributed by atoms with van der Waals surface area (Å²) in [6.45, 7) is 1.83. The van der Waals surface area contributed by atoms with E-state index in [0.717, 1.165) is 5.56 Å². The number of nitrogens with one attached hydrogen (secondary N) is 1. The Kier molecular flexibility index (Phi) is 4.12. The van der Waals surface area contributed by atoms with Gasteiger partial charge >= 0.3 is 0 Å². The first-order valence-corrected chi connectivity index (χ1v) is 6.36. The maximum atomic E-state index is 13.0. The van der Waals surface area contributed by atoms with Crippen LogP contribution >= 0.6 is 24.2 Å². The third-order valence-corrected chi connectivity index (χ3v) is 3.21. The maximum absolute atomic E-state index is 13.0. The van der Waals surface area contributed by atoms with Crippen LogP contribution in [0.25, 0.3) is 0 Å². The van der Waals surface area contributed by atoms with Gasteiger partial charge in [0.15, 0.2) is 0 Å². The van der Waals surface area contributed by atoms with Gasteiger partial charge < -0.3 is 5.32 Å². The monoisotopic (exact) mass is 295 g/mol. The van der Waals surface area contributed by atoms with Gasteiger partial charge in [-0.2, -0.15) is 0 Å². The molecule has 2 aromatic carbocycles. The second kappa shape index (κ2) is 5.63. The van der Waals surface area contributed by atoms with Crippen LogP contribution in [-0.2, 0) is 0 Å². The highest BCUT2D eigenvalue weighted by atomic mass is 35.5. The Labute approximate surface area is 121 Å². The summed E-state index contributed by atoms with van der Waals surface area (Å²) in [5.74, 6) is -0.802. The van der Waals surface area contributed by atoms with Crippen molar-refractivity contribution in [3.8, 4) is 0 Å². The first-order chi connectivity index (χ1) is 8.97. The molecule has 0 atom stereocenters. The van der Waals surface area contributed by atoms with Gasteiger partial charge in [-0.1, -0.05) is 17.7 Å². The van der Waals surface area contributed by atoms with E-state index in [1.54, 1.807) is 6.07 Å². The topological polar surface area (TPSA) is 29.1 Å². The van der Waals surface area contributed by atoms with E-state index in [0.29, 0.717) is 16.1 Å². The number of hydrogen-bond donors (Lipinski definition) is 2. The molecule has 1 N–H and O–H groups in total. The molecule has 0 aliphatic carbocycles. The van der Waals surface area contributed by atoms with Crippen molar-refractivity contribution in [2.75, 3.05) is 5.32 Å². The van der Waals surface area contributed by atoms with Crippen molar-refractivity contribution >= 4 is 35.8 Å². The SMILES string of the molecule is Cc1ccc(S)cc1C(=O)Nc1ccc(F)c(Cl)c1. The average Bonchev–Trinajstić information content (AvgIpc) is 2.36. The lowest BCUT2D eigenvalue weighted by Crippen LogP contribution is -2.13. The zero-order chi connectivity index (χ0) is 14.0. The van der Waals surface area contributed by atoms with E-state index in [4.69, 9.17) is 11.6 Å². The molecule has 19 heavy (non-hydrogen) atoms. The quantitative estimate of drug-likeness (QED) is 0.793. The van der Waals surface area contributed by atoms with Crippen LogP contribution in [0.15, 0.2) is 41.3 Å². The Bertz CT molecular complexity index is 645. The smallest absolute Gasteiger partial charge is 0.255 e. The fraction of sp³-hybridized carbons (Fsp3) is 0.0714. The maximum Gasteiger partial charge on any atom is 0.255 e. The van der Waals surface area contributed by atoms with E-state index in [-0.39, 0.29) is 10.9 Å². The summed E-state index contributed by atoms with van der Waals surface area (Å²) in [7, 11) is 0. The van der Waals surface area contributed by atoms with Gasteiger partial charge in [-0.15, -0.1) is 12.6 Å². The molecule has 0 radical (unpaired) electrons. The third kappa shape index (κ3) is 3.28. The van der Waals surface area contributed by atoms with Crippen LogP contribution in [-0.4, -0.2) is 5.91 Å². The minimum absolute atomic E-state index is 0.0301. The Hall–Kier alpha value is -1.52. The highest BCUT2D eigenvalue weighted by Crippen LogP contribution is 2.21. The predicted octanol–water partition coefficient (Wildman–Crippen LogP) is 4.33. The molecule has 0 bridgehead atoms.